The van der Waals surface area contributed by atoms with E-state index in [-0.39, 0.29) is 6.10 Å². The summed E-state index contributed by atoms with van der Waals surface area (Å²) in [5.41, 5.74) is 0. The van der Waals surface area contributed by atoms with E-state index in [0.717, 1.165) is 25.1 Å². The highest BCUT2D eigenvalue weighted by molar-refractivity contribution is 14.1. The van der Waals surface area contributed by atoms with Crippen LogP contribution in [0.1, 0.15) is 12.8 Å². The lowest BCUT2D eigenvalue weighted by Crippen LogP contribution is -2.25. The van der Waals surface area contributed by atoms with E-state index in [2.05, 4.69) is 34.0 Å². The molecule has 1 N–H and O–H groups in total. The normalized spacial score (nSPS) is 23.9. The molecule has 1 fully saturated rings. The second kappa shape index (κ2) is 6.56. The number of likely N-dealkylation sites (N-methyl/N-ethyl adjacent to an activating group) is 1. The minimum atomic E-state index is 0.242. The molecule has 3 nitrogen and oxygen atoms in total. The molecule has 1 aromatic carbocycles. The van der Waals surface area contributed by atoms with E-state index >= 15 is 0 Å². The summed E-state index contributed by atoms with van der Waals surface area (Å²) in [5, 5.41) is 3.14. The molecule has 1 aliphatic rings. The first-order chi connectivity index (χ1) is 8.28. The van der Waals surface area contributed by atoms with Gasteiger partial charge in [0, 0.05) is 10.1 Å². The number of rotatable bonds is 5. The molecule has 0 spiro atoms. The van der Waals surface area contributed by atoms with Gasteiger partial charge in [-0.3, -0.25) is 0 Å². The topological polar surface area (TPSA) is 30.5 Å². The van der Waals surface area contributed by atoms with E-state index in [1.807, 2.05) is 25.2 Å². The molecule has 17 heavy (non-hydrogen) atoms. The Kier molecular flexibility index (Phi) is 5.06. The van der Waals surface area contributed by atoms with E-state index in [4.69, 9.17) is 9.47 Å². The van der Waals surface area contributed by atoms with Gasteiger partial charge < -0.3 is 14.8 Å². The second-order valence-electron chi connectivity index (χ2n) is 4.28. The van der Waals surface area contributed by atoms with Gasteiger partial charge >= 0.3 is 0 Å². The highest BCUT2D eigenvalue weighted by Crippen LogP contribution is 2.21. The molecule has 4 heteroatoms. The van der Waals surface area contributed by atoms with Crippen LogP contribution >= 0.6 is 22.6 Å². The van der Waals surface area contributed by atoms with Gasteiger partial charge in [-0.05, 0) is 60.7 Å². The van der Waals surface area contributed by atoms with Gasteiger partial charge in [-0.15, -0.1) is 0 Å². The molecule has 0 bridgehead atoms. The number of ether oxygens (including phenoxy) is 2. The van der Waals surface area contributed by atoms with Crippen LogP contribution in [0.25, 0.3) is 0 Å². The number of benzene rings is 1. The van der Waals surface area contributed by atoms with Crippen LogP contribution in [-0.4, -0.2) is 32.4 Å². The van der Waals surface area contributed by atoms with Crippen molar-refractivity contribution in [2.45, 2.75) is 25.0 Å². The van der Waals surface area contributed by atoms with Crippen LogP contribution in [0, 0.1) is 3.57 Å². The minimum absolute atomic E-state index is 0.242. The Morgan fingerprint density at radius 3 is 3.00 bits per heavy atom. The summed E-state index contributed by atoms with van der Waals surface area (Å²) in [6, 6.07) is 8.10. The summed E-state index contributed by atoms with van der Waals surface area (Å²) in [5.74, 6) is 0.928. The van der Waals surface area contributed by atoms with Crippen molar-refractivity contribution in [3.05, 3.63) is 27.8 Å². The van der Waals surface area contributed by atoms with Gasteiger partial charge in [0.2, 0.25) is 0 Å². The molecular weight excluding hydrogens is 329 g/mol. The summed E-state index contributed by atoms with van der Waals surface area (Å²) in [7, 11) is 1.96. The molecule has 1 aliphatic heterocycles. The van der Waals surface area contributed by atoms with Crippen molar-refractivity contribution in [1.82, 2.24) is 5.32 Å². The average Bonchev–Trinajstić information content (AvgIpc) is 2.75. The third kappa shape index (κ3) is 4.12. The van der Waals surface area contributed by atoms with E-state index in [1.165, 1.54) is 3.57 Å². The van der Waals surface area contributed by atoms with Crippen LogP contribution in [0.15, 0.2) is 24.3 Å². The van der Waals surface area contributed by atoms with Crippen molar-refractivity contribution < 1.29 is 9.47 Å². The lowest BCUT2D eigenvalue weighted by Gasteiger charge is -2.14. The first-order valence-corrected chi connectivity index (χ1v) is 7.04. The molecule has 0 amide bonds. The molecule has 0 radical (unpaired) electrons. The number of halogens is 1. The third-order valence-corrected chi connectivity index (χ3v) is 3.53. The van der Waals surface area contributed by atoms with Gasteiger partial charge in [0.25, 0.3) is 0 Å². The van der Waals surface area contributed by atoms with Gasteiger partial charge in [0.15, 0.2) is 0 Å². The molecule has 1 aromatic rings. The largest absolute Gasteiger partial charge is 0.491 e. The molecule has 1 saturated heterocycles. The summed E-state index contributed by atoms with van der Waals surface area (Å²) in [6.07, 6.45) is 2.81. The van der Waals surface area contributed by atoms with E-state index in [1.54, 1.807) is 0 Å². The van der Waals surface area contributed by atoms with Crippen LogP contribution in [0.2, 0.25) is 0 Å². The predicted octanol–water partition coefficient (Wildman–Crippen LogP) is 2.44. The van der Waals surface area contributed by atoms with Crippen molar-refractivity contribution in [2.75, 3.05) is 20.2 Å². The van der Waals surface area contributed by atoms with Gasteiger partial charge in [0.1, 0.15) is 12.4 Å². The standard InChI is InChI=1S/C13H18INO2/c1-15-8-12-5-6-13(17-12)9-16-11-4-2-3-10(14)7-11/h2-4,7,12-13,15H,5-6,8-9H2,1H3. The fourth-order valence-corrected chi connectivity index (χ4v) is 2.54. The second-order valence-corrected chi connectivity index (χ2v) is 5.53. The molecule has 2 atom stereocenters. The van der Waals surface area contributed by atoms with E-state index in [0.29, 0.717) is 12.7 Å². The third-order valence-electron chi connectivity index (χ3n) is 2.86. The zero-order valence-electron chi connectivity index (χ0n) is 9.99. The van der Waals surface area contributed by atoms with E-state index in [9.17, 15) is 0 Å². The van der Waals surface area contributed by atoms with Crippen LogP contribution in [0.5, 0.6) is 5.75 Å². The highest BCUT2D eigenvalue weighted by Gasteiger charge is 2.24. The van der Waals surface area contributed by atoms with Crippen molar-refractivity contribution in [3.63, 3.8) is 0 Å². The molecule has 94 valence electrons. The summed E-state index contributed by atoms with van der Waals surface area (Å²) < 4.78 is 12.8. The summed E-state index contributed by atoms with van der Waals surface area (Å²) in [6.45, 7) is 1.58. The Hall–Kier alpha value is -0.330. The van der Waals surface area contributed by atoms with Crippen molar-refractivity contribution >= 4 is 22.6 Å². The van der Waals surface area contributed by atoms with Crippen molar-refractivity contribution in [2.24, 2.45) is 0 Å². The lowest BCUT2D eigenvalue weighted by molar-refractivity contribution is 0.0193. The first kappa shape index (κ1) is 13.1. The molecule has 0 saturated carbocycles. The Balaban J connectivity index is 1.76. The average molecular weight is 347 g/mol. The van der Waals surface area contributed by atoms with E-state index < -0.39 is 0 Å². The quantitative estimate of drug-likeness (QED) is 0.830. The Labute approximate surface area is 116 Å². The van der Waals surface area contributed by atoms with Crippen molar-refractivity contribution in [1.29, 1.82) is 0 Å². The van der Waals surface area contributed by atoms with Crippen molar-refractivity contribution in [3.8, 4) is 5.75 Å². The number of hydrogen-bond acceptors (Lipinski definition) is 3. The Bertz CT molecular complexity index is 359. The van der Waals surface area contributed by atoms with Crippen LogP contribution in [-0.2, 0) is 4.74 Å². The van der Waals surface area contributed by atoms with Gasteiger partial charge in [-0.2, -0.15) is 0 Å². The predicted molar refractivity (Wildman–Crippen MR) is 76.5 cm³/mol. The summed E-state index contributed by atoms with van der Waals surface area (Å²) >= 11 is 2.29. The maximum absolute atomic E-state index is 5.86. The molecule has 1 heterocycles. The molecule has 0 aliphatic carbocycles. The zero-order valence-corrected chi connectivity index (χ0v) is 12.1. The lowest BCUT2D eigenvalue weighted by atomic mass is 10.2. The first-order valence-electron chi connectivity index (χ1n) is 5.96. The molecule has 2 unspecified atom stereocenters. The Morgan fingerprint density at radius 2 is 2.24 bits per heavy atom. The van der Waals surface area contributed by atoms with Gasteiger partial charge in [-0.1, -0.05) is 6.07 Å². The summed E-state index contributed by atoms with van der Waals surface area (Å²) in [4.78, 5) is 0. The van der Waals surface area contributed by atoms with Crippen LogP contribution in [0.4, 0.5) is 0 Å². The highest BCUT2D eigenvalue weighted by atomic mass is 127. The van der Waals surface area contributed by atoms with Gasteiger partial charge in [-0.25, -0.2) is 0 Å². The maximum atomic E-state index is 5.86. The number of hydrogen-bond donors (Lipinski definition) is 1. The minimum Gasteiger partial charge on any atom is -0.491 e. The monoisotopic (exact) mass is 347 g/mol. The zero-order chi connectivity index (χ0) is 12.1. The maximum Gasteiger partial charge on any atom is 0.120 e. The smallest absolute Gasteiger partial charge is 0.120 e. The van der Waals surface area contributed by atoms with Crippen LogP contribution < -0.4 is 10.1 Å². The Morgan fingerprint density at radius 1 is 1.41 bits per heavy atom. The SMILES string of the molecule is CNCC1CCC(COc2cccc(I)c2)O1. The van der Waals surface area contributed by atoms with Gasteiger partial charge in [0.05, 0.1) is 12.2 Å². The molecule has 0 aromatic heterocycles. The number of nitrogens with one attached hydrogen (secondary N) is 1. The molecule has 2 rings (SSSR count). The fraction of sp³-hybridized carbons (Fsp3) is 0.538. The van der Waals surface area contributed by atoms with Crippen LogP contribution in [0.3, 0.4) is 0 Å². The fourth-order valence-electron chi connectivity index (χ4n) is 2.03. The molecular formula is C13H18INO2.